The number of hydrogen-bond donors (Lipinski definition) is 3. The Morgan fingerprint density at radius 2 is 1.86 bits per heavy atom. The summed E-state index contributed by atoms with van der Waals surface area (Å²) in [5.41, 5.74) is 7.81. The zero-order valence-electron chi connectivity index (χ0n) is 12.1. The fraction of sp³-hybridized carbons (Fsp3) is 0.467. The molecule has 5 nitrogen and oxygen atoms in total. The predicted molar refractivity (Wildman–Crippen MR) is 84.4 cm³/mol. The van der Waals surface area contributed by atoms with Gasteiger partial charge in [0.2, 0.25) is 11.8 Å². The Bertz CT molecular complexity index is 515. The van der Waals surface area contributed by atoms with Gasteiger partial charge in [0, 0.05) is 12.0 Å². The Morgan fingerprint density at radius 3 is 2.43 bits per heavy atom. The highest BCUT2D eigenvalue weighted by molar-refractivity contribution is 5.85. The van der Waals surface area contributed by atoms with Crippen molar-refractivity contribution in [2.24, 2.45) is 5.73 Å². The molecule has 0 radical (unpaired) electrons. The third-order valence-electron chi connectivity index (χ3n) is 3.83. The fourth-order valence-electron chi connectivity index (χ4n) is 2.44. The molecule has 1 aliphatic rings. The second kappa shape index (κ2) is 7.43. The molecule has 0 aromatic heterocycles. The summed E-state index contributed by atoms with van der Waals surface area (Å²) in [6.07, 6.45) is 2.18. The summed E-state index contributed by atoms with van der Waals surface area (Å²) in [5, 5.41) is 5.36. The summed E-state index contributed by atoms with van der Waals surface area (Å²) in [5.74, 6) is -0.494. The molecule has 21 heavy (non-hydrogen) atoms. The lowest BCUT2D eigenvalue weighted by atomic mass is 9.92. The Labute approximate surface area is 131 Å². The van der Waals surface area contributed by atoms with Gasteiger partial charge in [-0.2, -0.15) is 0 Å². The number of nitrogens with two attached hydrogens (primary N) is 1. The highest BCUT2D eigenvalue weighted by atomic mass is 35.5. The van der Waals surface area contributed by atoms with Gasteiger partial charge in [-0.1, -0.05) is 24.3 Å². The normalized spacial score (nSPS) is 14.8. The summed E-state index contributed by atoms with van der Waals surface area (Å²) in [4.78, 5) is 22.7. The van der Waals surface area contributed by atoms with Crippen LogP contribution in [0.5, 0.6) is 0 Å². The minimum absolute atomic E-state index is 0. The van der Waals surface area contributed by atoms with E-state index in [0.29, 0.717) is 6.54 Å². The van der Waals surface area contributed by atoms with Crippen molar-refractivity contribution in [1.82, 2.24) is 10.6 Å². The molecule has 4 N–H and O–H groups in total. The zero-order valence-corrected chi connectivity index (χ0v) is 13.0. The lowest BCUT2D eigenvalue weighted by Crippen LogP contribution is -2.41. The van der Waals surface area contributed by atoms with Gasteiger partial charge < -0.3 is 16.4 Å². The zero-order chi connectivity index (χ0) is 14.6. The molecule has 0 heterocycles. The molecule has 0 unspecified atom stereocenters. The highest BCUT2D eigenvalue weighted by Gasteiger charge is 2.44. The first kappa shape index (κ1) is 17.5. The van der Waals surface area contributed by atoms with Crippen LogP contribution in [0, 0.1) is 6.92 Å². The predicted octanol–water partition coefficient (Wildman–Crippen LogP) is 0.640. The van der Waals surface area contributed by atoms with E-state index in [1.54, 1.807) is 0 Å². The maximum atomic E-state index is 11.7. The summed E-state index contributed by atoms with van der Waals surface area (Å²) in [7, 11) is 0. The molecule has 0 atom stereocenters. The third kappa shape index (κ3) is 4.44. The Kier molecular flexibility index (Phi) is 6.18. The molecular weight excluding hydrogens is 290 g/mol. The highest BCUT2D eigenvalue weighted by Crippen LogP contribution is 2.48. The van der Waals surface area contributed by atoms with E-state index in [9.17, 15) is 9.59 Å². The first-order valence-corrected chi connectivity index (χ1v) is 6.87. The monoisotopic (exact) mass is 311 g/mol. The van der Waals surface area contributed by atoms with E-state index in [4.69, 9.17) is 5.73 Å². The standard InChI is InChI=1S/C15H21N3O2.ClH/c1-11-4-2-3-5-12(11)15(6-7-15)10-18-14(20)9-17-13(19)8-16;/h2-5H,6-10,16H2,1H3,(H,17,19)(H,18,20);1H. The molecule has 1 saturated carbocycles. The molecule has 0 aliphatic heterocycles. The van der Waals surface area contributed by atoms with Gasteiger partial charge in [0.15, 0.2) is 0 Å². The van der Waals surface area contributed by atoms with E-state index in [-0.39, 0.29) is 42.7 Å². The van der Waals surface area contributed by atoms with E-state index in [1.165, 1.54) is 11.1 Å². The molecule has 1 aromatic rings. The van der Waals surface area contributed by atoms with Crippen LogP contribution in [0.1, 0.15) is 24.0 Å². The van der Waals surface area contributed by atoms with Crippen molar-refractivity contribution in [3.8, 4) is 0 Å². The van der Waals surface area contributed by atoms with Gasteiger partial charge in [-0.15, -0.1) is 12.4 Å². The number of carbonyl (C=O) groups excluding carboxylic acids is 2. The largest absolute Gasteiger partial charge is 0.354 e. The summed E-state index contributed by atoms with van der Waals surface area (Å²) in [6.45, 7) is 2.61. The Hall–Kier alpha value is -1.59. The van der Waals surface area contributed by atoms with Crippen LogP contribution in [-0.2, 0) is 15.0 Å². The quantitative estimate of drug-likeness (QED) is 0.721. The second-order valence-electron chi connectivity index (χ2n) is 5.35. The average Bonchev–Trinajstić information content (AvgIpc) is 3.24. The van der Waals surface area contributed by atoms with Crippen molar-refractivity contribution in [3.63, 3.8) is 0 Å². The third-order valence-corrected chi connectivity index (χ3v) is 3.83. The van der Waals surface area contributed by atoms with Gasteiger partial charge >= 0.3 is 0 Å². The van der Waals surface area contributed by atoms with Gasteiger partial charge in [0.1, 0.15) is 0 Å². The first-order valence-electron chi connectivity index (χ1n) is 6.87. The van der Waals surface area contributed by atoms with E-state index in [2.05, 4.69) is 29.7 Å². The van der Waals surface area contributed by atoms with Gasteiger partial charge in [-0.3, -0.25) is 9.59 Å². The SMILES string of the molecule is Cc1ccccc1C1(CNC(=O)CNC(=O)CN)CC1.Cl. The molecule has 0 spiro atoms. The molecule has 1 aromatic carbocycles. The second-order valence-corrected chi connectivity index (χ2v) is 5.35. The molecule has 2 rings (SSSR count). The molecule has 6 heteroatoms. The lowest BCUT2D eigenvalue weighted by Gasteiger charge is -2.19. The molecular formula is C15H22ClN3O2. The summed E-state index contributed by atoms with van der Waals surface area (Å²) >= 11 is 0. The van der Waals surface area contributed by atoms with Gasteiger partial charge in [-0.05, 0) is 30.9 Å². The Balaban J connectivity index is 0.00000220. The molecule has 116 valence electrons. The molecule has 1 fully saturated rings. The van der Waals surface area contributed by atoms with Crippen LogP contribution in [0.4, 0.5) is 0 Å². The average molecular weight is 312 g/mol. The van der Waals surface area contributed by atoms with Crippen molar-refractivity contribution < 1.29 is 9.59 Å². The van der Waals surface area contributed by atoms with Crippen molar-refractivity contribution in [1.29, 1.82) is 0 Å². The van der Waals surface area contributed by atoms with Crippen LogP contribution in [0.2, 0.25) is 0 Å². The van der Waals surface area contributed by atoms with Gasteiger partial charge in [-0.25, -0.2) is 0 Å². The number of amides is 2. The van der Waals surface area contributed by atoms with E-state index < -0.39 is 0 Å². The topological polar surface area (TPSA) is 84.2 Å². The minimum Gasteiger partial charge on any atom is -0.354 e. The van der Waals surface area contributed by atoms with Crippen LogP contribution < -0.4 is 16.4 Å². The number of nitrogens with one attached hydrogen (secondary N) is 2. The van der Waals surface area contributed by atoms with Crippen LogP contribution in [0.15, 0.2) is 24.3 Å². The van der Waals surface area contributed by atoms with E-state index in [0.717, 1.165) is 12.8 Å². The van der Waals surface area contributed by atoms with Crippen LogP contribution in [0.25, 0.3) is 0 Å². The lowest BCUT2D eigenvalue weighted by molar-refractivity contribution is -0.125. The van der Waals surface area contributed by atoms with Crippen molar-refractivity contribution in [2.45, 2.75) is 25.2 Å². The smallest absolute Gasteiger partial charge is 0.239 e. The maximum absolute atomic E-state index is 11.7. The Morgan fingerprint density at radius 1 is 1.19 bits per heavy atom. The summed E-state index contributed by atoms with van der Waals surface area (Å²) in [6, 6.07) is 8.28. The van der Waals surface area contributed by atoms with E-state index >= 15 is 0 Å². The molecule has 0 saturated heterocycles. The number of aryl methyl sites for hydroxylation is 1. The fourth-order valence-corrected chi connectivity index (χ4v) is 2.44. The van der Waals surface area contributed by atoms with Crippen LogP contribution in [-0.4, -0.2) is 31.4 Å². The first-order chi connectivity index (χ1) is 9.57. The molecule has 2 amide bonds. The van der Waals surface area contributed by atoms with E-state index in [1.807, 2.05) is 12.1 Å². The number of benzene rings is 1. The minimum atomic E-state index is -0.319. The molecule has 0 bridgehead atoms. The number of hydrogen-bond acceptors (Lipinski definition) is 3. The molecule has 1 aliphatic carbocycles. The van der Waals surface area contributed by atoms with Crippen LogP contribution >= 0.6 is 12.4 Å². The van der Waals surface area contributed by atoms with Crippen molar-refractivity contribution in [2.75, 3.05) is 19.6 Å². The number of rotatable bonds is 6. The number of carbonyl (C=O) groups is 2. The van der Waals surface area contributed by atoms with Crippen LogP contribution in [0.3, 0.4) is 0 Å². The van der Waals surface area contributed by atoms with Crippen molar-refractivity contribution >= 4 is 24.2 Å². The number of halogens is 1. The maximum Gasteiger partial charge on any atom is 0.239 e. The van der Waals surface area contributed by atoms with Crippen molar-refractivity contribution in [3.05, 3.63) is 35.4 Å². The van der Waals surface area contributed by atoms with Gasteiger partial charge in [0.05, 0.1) is 13.1 Å². The summed E-state index contributed by atoms with van der Waals surface area (Å²) < 4.78 is 0. The van der Waals surface area contributed by atoms with Gasteiger partial charge in [0.25, 0.3) is 0 Å².